The third-order valence-electron chi connectivity index (χ3n) is 3.60. The van der Waals surface area contributed by atoms with Crippen molar-refractivity contribution in [2.24, 2.45) is 11.3 Å². The Morgan fingerprint density at radius 2 is 1.95 bits per heavy atom. The van der Waals surface area contributed by atoms with Crippen molar-refractivity contribution in [1.82, 2.24) is 10.6 Å². The normalized spacial score (nSPS) is 20.5. The summed E-state index contributed by atoms with van der Waals surface area (Å²) >= 11 is 0. The molecule has 2 rings (SSSR count). The summed E-state index contributed by atoms with van der Waals surface area (Å²) in [5.74, 6) is 0.920. The summed E-state index contributed by atoms with van der Waals surface area (Å²) in [7, 11) is -2.95. The van der Waals surface area contributed by atoms with E-state index >= 15 is 0 Å². The van der Waals surface area contributed by atoms with Gasteiger partial charge in [0.2, 0.25) is 5.91 Å². The highest BCUT2D eigenvalue weighted by atomic mass is 35.5. The molecule has 19 heavy (non-hydrogen) atoms. The largest absolute Gasteiger partial charge is 0.354 e. The summed E-state index contributed by atoms with van der Waals surface area (Å²) in [6, 6.07) is 0. The fourth-order valence-corrected chi connectivity index (χ4v) is 3.67. The minimum Gasteiger partial charge on any atom is -0.354 e. The first-order valence-corrected chi connectivity index (χ1v) is 8.60. The predicted molar refractivity (Wildman–Crippen MR) is 77.2 cm³/mol. The molecule has 0 aromatic heterocycles. The summed E-state index contributed by atoms with van der Waals surface area (Å²) in [5, 5.41) is 5.96. The van der Waals surface area contributed by atoms with Crippen LogP contribution < -0.4 is 10.6 Å². The predicted octanol–water partition coefficient (Wildman–Crippen LogP) is 0.349. The Morgan fingerprint density at radius 1 is 1.32 bits per heavy atom. The van der Waals surface area contributed by atoms with E-state index in [1.165, 1.54) is 19.1 Å². The second-order valence-electron chi connectivity index (χ2n) is 5.92. The van der Waals surface area contributed by atoms with Gasteiger partial charge in [0.25, 0.3) is 0 Å². The highest BCUT2D eigenvalue weighted by molar-refractivity contribution is 7.90. The van der Waals surface area contributed by atoms with Crippen LogP contribution in [0.4, 0.5) is 0 Å². The Balaban J connectivity index is 0.00000180. The molecule has 0 atom stereocenters. The zero-order chi connectivity index (χ0) is 13.2. The Labute approximate surface area is 121 Å². The Bertz CT molecular complexity index is 417. The number of hydrogen-bond acceptors (Lipinski definition) is 4. The minimum absolute atomic E-state index is 0. The van der Waals surface area contributed by atoms with Gasteiger partial charge in [-0.3, -0.25) is 4.79 Å². The third kappa shape index (κ3) is 6.58. The standard InChI is InChI=1S/C12H22N2O3S.ClH/c1-18(16,17)9-12(4-5-12)8-14-11(15)7-13-6-10-2-3-10;/h10,13H,2-9H2,1H3,(H,14,15);1H. The van der Waals surface area contributed by atoms with E-state index in [-0.39, 0.29) is 29.5 Å². The van der Waals surface area contributed by atoms with E-state index in [0.29, 0.717) is 13.1 Å². The second kappa shape index (κ2) is 6.41. The van der Waals surface area contributed by atoms with Crippen molar-refractivity contribution in [3.63, 3.8) is 0 Å². The van der Waals surface area contributed by atoms with Crippen LogP contribution in [0.3, 0.4) is 0 Å². The molecule has 2 fully saturated rings. The van der Waals surface area contributed by atoms with Crippen LogP contribution in [0, 0.1) is 11.3 Å². The van der Waals surface area contributed by atoms with Crippen molar-refractivity contribution in [2.45, 2.75) is 25.7 Å². The Morgan fingerprint density at radius 3 is 2.42 bits per heavy atom. The van der Waals surface area contributed by atoms with Crippen LogP contribution in [-0.2, 0) is 14.6 Å². The lowest BCUT2D eigenvalue weighted by Gasteiger charge is -2.15. The first-order valence-electron chi connectivity index (χ1n) is 6.54. The van der Waals surface area contributed by atoms with Crippen molar-refractivity contribution in [2.75, 3.05) is 31.6 Å². The molecule has 5 nitrogen and oxygen atoms in total. The quantitative estimate of drug-likeness (QED) is 0.678. The molecule has 0 heterocycles. The molecular formula is C12H23ClN2O3S. The highest BCUT2D eigenvalue weighted by Crippen LogP contribution is 2.45. The fourth-order valence-electron chi connectivity index (χ4n) is 2.17. The lowest BCUT2D eigenvalue weighted by atomic mass is 10.1. The number of halogens is 1. The minimum atomic E-state index is -2.95. The molecule has 112 valence electrons. The van der Waals surface area contributed by atoms with E-state index in [2.05, 4.69) is 10.6 Å². The molecule has 0 saturated heterocycles. The van der Waals surface area contributed by atoms with Gasteiger partial charge in [-0.2, -0.15) is 0 Å². The molecule has 2 aliphatic carbocycles. The van der Waals surface area contributed by atoms with Crippen LogP contribution in [0.2, 0.25) is 0 Å². The Kier molecular flexibility index (Phi) is 5.65. The number of sulfone groups is 1. The van der Waals surface area contributed by atoms with Gasteiger partial charge in [-0.25, -0.2) is 8.42 Å². The van der Waals surface area contributed by atoms with Gasteiger partial charge in [-0.05, 0) is 38.1 Å². The maximum Gasteiger partial charge on any atom is 0.233 e. The molecule has 0 bridgehead atoms. The molecule has 1 amide bonds. The summed E-state index contributed by atoms with van der Waals surface area (Å²) in [6.45, 7) is 1.75. The highest BCUT2D eigenvalue weighted by Gasteiger charge is 2.45. The van der Waals surface area contributed by atoms with Crippen molar-refractivity contribution in [3.05, 3.63) is 0 Å². The van der Waals surface area contributed by atoms with Crippen molar-refractivity contribution < 1.29 is 13.2 Å². The van der Waals surface area contributed by atoms with Crippen LogP contribution in [0.15, 0.2) is 0 Å². The molecule has 0 radical (unpaired) electrons. The van der Waals surface area contributed by atoms with Gasteiger partial charge < -0.3 is 10.6 Å². The van der Waals surface area contributed by atoms with Gasteiger partial charge in [0, 0.05) is 18.2 Å². The van der Waals surface area contributed by atoms with Gasteiger partial charge in [0.05, 0.1) is 12.3 Å². The van der Waals surface area contributed by atoms with Crippen LogP contribution in [0.25, 0.3) is 0 Å². The molecule has 0 aliphatic heterocycles. The average molecular weight is 311 g/mol. The van der Waals surface area contributed by atoms with Crippen LogP contribution in [0.5, 0.6) is 0 Å². The lowest BCUT2D eigenvalue weighted by Crippen LogP contribution is -2.39. The topological polar surface area (TPSA) is 75.3 Å². The number of hydrogen-bond donors (Lipinski definition) is 2. The van der Waals surface area contributed by atoms with E-state index < -0.39 is 9.84 Å². The Hall–Kier alpha value is -0.330. The van der Waals surface area contributed by atoms with Crippen molar-refractivity contribution in [1.29, 1.82) is 0 Å². The van der Waals surface area contributed by atoms with Crippen molar-refractivity contribution in [3.8, 4) is 0 Å². The van der Waals surface area contributed by atoms with Crippen LogP contribution in [0.1, 0.15) is 25.7 Å². The summed E-state index contributed by atoms with van der Waals surface area (Å²) in [5.41, 5.74) is -0.181. The van der Waals surface area contributed by atoms with Crippen LogP contribution in [-0.4, -0.2) is 46.0 Å². The molecule has 0 unspecified atom stereocenters. The number of carbonyl (C=O) groups excluding carboxylic acids is 1. The van der Waals surface area contributed by atoms with E-state index in [1.807, 2.05) is 0 Å². The number of carbonyl (C=O) groups is 1. The first kappa shape index (κ1) is 16.7. The maximum atomic E-state index is 11.6. The summed E-state index contributed by atoms with van der Waals surface area (Å²) in [4.78, 5) is 11.6. The number of nitrogens with one attached hydrogen (secondary N) is 2. The van der Waals surface area contributed by atoms with Gasteiger partial charge in [-0.15, -0.1) is 12.4 Å². The summed E-state index contributed by atoms with van der Waals surface area (Å²) < 4.78 is 22.5. The van der Waals surface area contributed by atoms with E-state index in [0.717, 1.165) is 25.3 Å². The molecule has 0 aromatic carbocycles. The number of rotatable bonds is 8. The second-order valence-corrected chi connectivity index (χ2v) is 8.06. The zero-order valence-corrected chi connectivity index (χ0v) is 12.9. The monoisotopic (exact) mass is 310 g/mol. The molecule has 0 aromatic rings. The molecule has 2 N–H and O–H groups in total. The zero-order valence-electron chi connectivity index (χ0n) is 11.3. The molecule has 2 saturated carbocycles. The van der Waals surface area contributed by atoms with E-state index in [1.54, 1.807) is 0 Å². The smallest absolute Gasteiger partial charge is 0.233 e. The van der Waals surface area contributed by atoms with Gasteiger partial charge in [-0.1, -0.05) is 0 Å². The molecule has 7 heteroatoms. The van der Waals surface area contributed by atoms with Gasteiger partial charge in [0.1, 0.15) is 9.84 Å². The molecule has 0 spiro atoms. The van der Waals surface area contributed by atoms with Crippen LogP contribution >= 0.6 is 12.4 Å². The van der Waals surface area contributed by atoms with Gasteiger partial charge >= 0.3 is 0 Å². The first-order chi connectivity index (χ1) is 8.39. The summed E-state index contributed by atoms with van der Waals surface area (Å²) in [6.07, 6.45) is 5.59. The van der Waals surface area contributed by atoms with E-state index in [4.69, 9.17) is 0 Å². The van der Waals surface area contributed by atoms with Crippen molar-refractivity contribution >= 4 is 28.2 Å². The lowest BCUT2D eigenvalue weighted by molar-refractivity contribution is -0.120. The van der Waals surface area contributed by atoms with Gasteiger partial charge in [0.15, 0.2) is 0 Å². The average Bonchev–Trinajstić information content (AvgIpc) is 3.10. The SMILES string of the molecule is CS(=O)(=O)CC1(CNC(=O)CNCC2CC2)CC1.Cl. The molecule has 2 aliphatic rings. The maximum absolute atomic E-state index is 11.6. The number of amides is 1. The fraction of sp³-hybridized carbons (Fsp3) is 0.917. The van der Waals surface area contributed by atoms with E-state index in [9.17, 15) is 13.2 Å². The third-order valence-corrected chi connectivity index (χ3v) is 4.74. The molecular weight excluding hydrogens is 288 g/mol.